The van der Waals surface area contributed by atoms with Gasteiger partial charge in [-0.2, -0.15) is 5.10 Å². The predicted octanol–water partition coefficient (Wildman–Crippen LogP) is 3.01. The molecule has 20 heavy (non-hydrogen) atoms. The first-order valence-electron chi connectivity index (χ1n) is 7.12. The van der Waals surface area contributed by atoms with E-state index in [0.29, 0.717) is 6.04 Å². The summed E-state index contributed by atoms with van der Waals surface area (Å²) in [7, 11) is 0. The van der Waals surface area contributed by atoms with Gasteiger partial charge < -0.3 is 5.32 Å². The summed E-state index contributed by atoms with van der Waals surface area (Å²) in [5.41, 5.74) is 3.61. The first-order chi connectivity index (χ1) is 9.65. The molecule has 1 heterocycles. The smallest absolute Gasteiger partial charge is 0.123 e. The molecule has 0 spiro atoms. The molecule has 1 atom stereocenters. The largest absolute Gasteiger partial charge is 0.314 e. The molecule has 1 aromatic carbocycles. The summed E-state index contributed by atoms with van der Waals surface area (Å²) in [5.74, 6) is -0.176. The number of aryl methyl sites for hydroxylation is 2. The molecule has 4 heteroatoms. The fourth-order valence-corrected chi connectivity index (χ4v) is 2.30. The number of benzene rings is 1. The molecule has 2 N–H and O–H groups in total. The van der Waals surface area contributed by atoms with Crippen LogP contribution in [0.5, 0.6) is 0 Å². The molecule has 0 bridgehead atoms. The maximum absolute atomic E-state index is 12.8. The number of nitrogens with one attached hydrogen (secondary N) is 2. The predicted molar refractivity (Wildman–Crippen MR) is 79.2 cm³/mol. The molecule has 3 nitrogen and oxygen atoms in total. The topological polar surface area (TPSA) is 40.7 Å². The van der Waals surface area contributed by atoms with Crippen molar-refractivity contribution in [3.8, 4) is 0 Å². The summed E-state index contributed by atoms with van der Waals surface area (Å²) >= 11 is 0. The van der Waals surface area contributed by atoms with E-state index < -0.39 is 0 Å². The minimum absolute atomic E-state index is 0.176. The van der Waals surface area contributed by atoms with E-state index in [1.54, 1.807) is 0 Å². The lowest BCUT2D eigenvalue weighted by Crippen LogP contribution is -2.29. The lowest BCUT2D eigenvalue weighted by molar-refractivity contribution is 0.533. The third-order valence-corrected chi connectivity index (χ3v) is 3.51. The van der Waals surface area contributed by atoms with Crippen molar-refractivity contribution in [2.24, 2.45) is 0 Å². The van der Waals surface area contributed by atoms with Crippen molar-refractivity contribution in [3.63, 3.8) is 0 Å². The van der Waals surface area contributed by atoms with Gasteiger partial charge in [-0.05, 0) is 62.9 Å². The van der Waals surface area contributed by atoms with Crippen LogP contribution in [0.3, 0.4) is 0 Å². The molecule has 0 aliphatic heterocycles. The normalized spacial score (nSPS) is 12.6. The SMILES string of the molecule is Cc1[nH]ncc1CCCNC(C)Cc1ccc(F)cc1. The van der Waals surface area contributed by atoms with Gasteiger partial charge in [-0.3, -0.25) is 5.10 Å². The summed E-state index contributed by atoms with van der Waals surface area (Å²) in [6, 6.07) is 7.13. The van der Waals surface area contributed by atoms with Gasteiger partial charge >= 0.3 is 0 Å². The molecule has 0 aliphatic rings. The van der Waals surface area contributed by atoms with Gasteiger partial charge in [-0.15, -0.1) is 0 Å². The van der Waals surface area contributed by atoms with Gasteiger partial charge in [0, 0.05) is 11.7 Å². The van der Waals surface area contributed by atoms with E-state index in [1.807, 2.05) is 25.3 Å². The van der Waals surface area contributed by atoms with E-state index in [0.717, 1.165) is 37.1 Å². The van der Waals surface area contributed by atoms with Crippen molar-refractivity contribution >= 4 is 0 Å². The Morgan fingerprint density at radius 1 is 1.30 bits per heavy atom. The van der Waals surface area contributed by atoms with Crippen LogP contribution in [0.15, 0.2) is 30.5 Å². The highest BCUT2D eigenvalue weighted by atomic mass is 19.1. The molecule has 2 rings (SSSR count). The van der Waals surface area contributed by atoms with Crippen LogP contribution in [-0.2, 0) is 12.8 Å². The summed E-state index contributed by atoms with van der Waals surface area (Å²) in [6.07, 6.45) is 4.95. The maximum atomic E-state index is 12.8. The highest BCUT2D eigenvalue weighted by Crippen LogP contribution is 2.07. The molecule has 108 valence electrons. The summed E-state index contributed by atoms with van der Waals surface area (Å²) in [6.45, 7) is 5.19. The average Bonchev–Trinajstić information content (AvgIpc) is 2.83. The molecule has 2 aromatic rings. The summed E-state index contributed by atoms with van der Waals surface area (Å²) in [4.78, 5) is 0. The fourth-order valence-electron chi connectivity index (χ4n) is 2.30. The Hall–Kier alpha value is -1.68. The van der Waals surface area contributed by atoms with E-state index in [9.17, 15) is 4.39 Å². The van der Waals surface area contributed by atoms with Gasteiger partial charge in [0.05, 0.1) is 6.20 Å². The van der Waals surface area contributed by atoms with Crippen LogP contribution in [0.4, 0.5) is 4.39 Å². The number of rotatable bonds is 7. The number of aromatic nitrogens is 2. The molecular formula is C16H22FN3. The quantitative estimate of drug-likeness (QED) is 0.763. The zero-order valence-corrected chi connectivity index (χ0v) is 12.1. The molecule has 0 saturated heterocycles. The van der Waals surface area contributed by atoms with Crippen molar-refractivity contribution < 1.29 is 4.39 Å². The zero-order valence-electron chi connectivity index (χ0n) is 12.1. The Balaban J connectivity index is 1.66. The van der Waals surface area contributed by atoms with Gasteiger partial charge in [0.25, 0.3) is 0 Å². The van der Waals surface area contributed by atoms with Gasteiger partial charge in [-0.1, -0.05) is 12.1 Å². The Kier molecular flexibility index (Phi) is 5.30. The Morgan fingerprint density at radius 2 is 2.05 bits per heavy atom. The first-order valence-corrected chi connectivity index (χ1v) is 7.12. The van der Waals surface area contributed by atoms with Crippen LogP contribution in [0, 0.1) is 12.7 Å². The van der Waals surface area contributed by atoms with Crippen LogP contribution < -0.4 is 5.32 Å². The van der Waals surface area contributed by atoms with Crippen LogP contribution in [0.2, 0.25) is 0 Å². The van der Waals surface area contributed by atoms with Gasteiger partial charge in [0.2, 0.25) is 0 Å². The second kappa shape index (κ2) is 7.20. The lowest BCUT2D eigenvalue weighted by Gasteiger charge is -2.13. The molecule has 0 fully saturated rings. The number of hydrogen-bond acceptors (Lipinski definition) is 2. The van der Waals surface area contributed by atoms with Gasteiger partial charge in [-0.25, -0.2) is 4.39 Å². The van der Waals surface area contributed by atoms with Crippen molar-refractivity contribution in [2.75, 3.05) is 6.54 Å². The number of nitrogens with zero attached hydrogens (tertiary/aromatic N) is 1. The van der Waals surface area contributed by atoms with E-state index in [-0.39, 0.29) is 5.82 Å². The molecular weight excluding hydrogens is 253 g/mol. The Morgan fingerprint density at radius 3 is 2.70 bits per heavy atom. The maximum Gasteiger partial charge on any atom is 0.123 e. The van der Waals surface area contributed by atoms with Crippen molar-refractivity contribution in [2.45, 2.75) is 39.2 Å². The van der Waals surface area contributed by atoms with E-state index >= 15 is 0 Å². The number of hydrogen-bond donors (Lipinski definition) is 2. The molecule has 0 aliphatic carbocycles. The van der Waals surface area contributed by atoms with E-state index in [4.69, 9.17) is 0 Å². The Labute approximate surface area is 119 Å². The second-order valence-corrected chi connectivity index (χ2v) is 5.31. The summed E-state index contributed by atoms with van der Waals surface area (Å²) < 4.78 is 12.8. The molecule has 0 saturated carbocycles. The van der Waals surface area contributed by atoms with Crippen LogP contribution in [-0.4, -0.2) is 22.8 Å². The average molecular weight is 275 g/mol. The zero-order chi connectivity index (χ0) is 14.4. The van der Waals surface area contributed by atoms with Gasteiger partial charge in [0.15, 0.2) is 0 Å². The number of H-pyrrole nitrogens is 1. The number of halogens is 1. The third-order valence-electron chi connectivity index (χ3n) is 3.51. The molecule has 0 radical (unpaired) electrons. The minimum Gasteiger partial charge on any atom is -0.314 e. The molecule has 0 amide bonds. The third kappa shape index (κ3) is 4.46. The lowest BCUT2D eigenvalue weighted by atomic mass is 10.1. The summed E-state index contributed by atoms with van der Waals surface area (Å²) in [5, 5.41) is 10.5. The van der Waals surface area contributed by atoms with Crippen LogP contribution in [0.1, 0.15) is 30.2 Å². The van der Waals surface area contributed by atoms with E-state index in [2.05, 4.69) is 22.4 Å². The van der Waals surface area contributed by atoms with E-state index in [1.165, 1.54) is 17.7 Å². The second-order valence-electron chi connectivity index (χ2n) is 5.31. The fraction of sp³-hybridized carbons (Fsp3) is 0.438. The molecule has 1 aromatic heterocycles. The van der Waals surface area contributed by atoms with Crippen molar-refractivity contribution in [3.05, 3.63) is 53.1 Å². The van der Waals surface area contributed by atoms with Crippen LogP contribution in [0.25, 0.3) is 0 Å². The molecule has 1 unspecified atom stereocenters. The minimum atomic E-state index is -0.176. The van der Waals surface area contributed by atoms with Crippen LogP contribution >= 0.6 is 0 Å². The van der Waals surface area contributed by atoms with Crippen molar-refractivity contribution in [1.82, 2.24) is 15.5 Å². The van der Waals surface area contributed by atoms with Crippen molar-refractivity contribution in [1.29, 1.82) is 0 Å². The number of aromatic amines is 1. The highest BCUT2D eigenvalue weighted by Gasteiger charge is 2.04. The first kappa shape index (κ1) is 14.7. The Bertz CT molecular complexity index is 519. The van der Waals surface area contributed by atoms with Gasteiger partial charge in [0.1, 0.15) is 5.82 Å². The highest BCUT2D eigenvalue weighted by molar-refractivity contribution is 5.17. The standard InChI is InChI=1S/C16H22FN3/c1-12(10-14-5-7-16(17)8-6-14)18-9-3-4-15-11-19-20-13(15)2/h5-8,11-12,18H,3-4,9-10H2,1-2H3,(H,19,20). The monoisotopic (exact) mass is 275 g/mol.